The van der Waals surface area contributed by atoms with Crippen molar-refractivity contribution >= 4 is 28.7 Å². The zero-order chi connectivity index (χ0) is 17.2. The van der Waals surface area contributed by atoms with Crippen molar-refractivity contribution in [2.24, 2.45) is 13.0 Å². The normalized spacial score (nSPS) is 15.2. The topological polar surface area (TPSA) is 46.9 Å². The van der Waals surface area contributed by atoms with Crippen LogP contribution < -0.4 is 5.32 Å². The SMILES string of the molecule is Cn1c(SCC(=O)NC(c2ccccc2)C2CC2)nc2ccccc21. The average molecular weight is 351 g/mol. The van der Waals surface area contributed by atoms with Crippen LogP contribution in [0.1, 0.15) is 24.4 Å². The number of aromatic nitrogens is 2. The first-order valence-electron chi connectivity index (χ1n) is 8.61. The number of hydrogen-bond donors (Lipinski definition) is 1. The Morgan fingerprint density at radius 2 is 1.92 bits per heavy atom. The Labute approximate surface area is 151 Å². The summed E-state index contributed by atoms with van der Waals surface area (Å²) in [5.41, 5.74) is 3.25. The van der Waals surface area contributed by atoms with E-state index >= 15 is 0 Å². The van der Waals surface area contributed by atoms with Crippen molar-refractivity contribution in [3.8, 4) is 0 Å². The van der Waals surface area contributed by atoms with E-state index in [2.05, 4.69) is 22.4 Å². The molecule has 1 amide bonds. The van der Waals surface area contributed by atoms with Crippen LogP contribution in [0.15, 0.2) is 59.8 Å². The van der Waals surface area contributed by atoms with Crippen molar-refractivity contribution in [3.63, 3.8) is 0 Å². The van der Waals surface area contributed by atoms with Gasteiger partial charge in [-0.3, -0.25) is 4.79 Å². The Bertz CT molecular complexity index is 886. The van der Waals surface area contributed by atoms with E-state index in [1.165, 1.54) is 30.2 Å². The molecule has 1 heterocycles. The van der Waals surface area contributed by atoms with E-state index in [0.29, 0.717) is 11.7 Å². The van der Waals surface area contributed by atoms with Crippen molar-refractivity contribution in [3.05, 3.63) is 60.2 Å². The second-order valence-corrected chi connectivity index (χ2v) is 7.47. The third kappa shape index (κ3) is 3.56. The van der Waals surface area contributed by atoms with Crippen LogP contribution in [0.5, 0.6) is 0 Å². The zero-order valence-corrected chi connectivity index (χ0v) is 15.0. The highest BCUT2D eigenvalue weighted by Crippen LogP contribution is 2.41. The zero-order valence-electron chi connectivity index (χ0n) is 14.2. The summed E-state index contributed by atoms with van der Waals surface area (Å²) in [5.74, 6) is 1.03. The van der Waals surface area contributed by atoms with E-state index in [0.717, 1.165) is 16.2 Å². The molecular formula is C20H21N3OS. The number of imidazole rings is 1. The predicted molar refractivity (Wildman–Crippen MR) is 101 cm³/mol. The van der Waals surface area contributed by atoms with Gasteiger partial charge in [0.15, 0.2) is 5.16 Å². The number of nitrogens with zero attached hydrogens (tertiary/aromatic N) is 2. The van der Waals surface area contributed by atoms with Crippen LogP contribution >= 0.6 is 11.8 Å². The van der Waals surface area contributed by atoms with Crippen LogP contribution in [0.3, 0.4) is 0 Å². The minimum absolute atomic E-state index is 0.0674. The number of thioether (sulfide) groups is 1. The molecule has 1 aliphatic carbocycles. The number of nitrogens with one attached hydrogen (secondary N) is 1. The standard InChI is InChI=1S/C20H21N3OS/c1-23-17-10-6-5-9-16(17)21-20(23)25-13-18(24)22-19(15-11-12-15)14-7-3-2-4-8-14/h2-10,15,19H,11-13H2,1H3,(H,22,24). The van der Waals surface area contributed by atoms with Crippen LogP contribution in [0.25, 0.3) is 11.0 Å². The first-order chi connectivity index (χ1) is 12.2. The number of benzene rings is 2. The third-order valence-electron chi connectivity index (χ3n) is 4.65. The fraction of sp³-hybridized carbons (Fsp3) is 0.300. The van der Waals surface area contributed by atoms with E-state index in [1.54, 1.807) is 0 Å². The Balaban J connectivity index is 1.42. The van der Waals surface area contributed by atoms with Gasteiger partial charge >= 0.3 is 0 Å². The number of carbonyl (C=O) groups excluding carboxylic acids is 1. The number of rotatable bonds is 6. The van der Waals surface area contributed by atoms with Crippen LogP contribution in [-0.4, -0.2) is 21.2 Å². The molecule has 4 rings (SSSR count). The maximum Gasteiger partial charge on any atom is 0.230 e. The van der Waals surface area contributed by atoms with Gasteiger partial charge in [-0.05, 0) is 36.5 Å². The molecule has 0 saturated heterocycles. The highest BCUT2D eigenvalue weighted by atomic mass is 32.2. The molecule has 4 nitrogen and oxygen atoms in total. The molecule has 25 heavy (non-hydrogen) atoms. The van der Waals surface area contributed by atoms with Gasteiger partial charge in [-0.1, -0.05) is 54.2 Å². The van der Waals surface area contributed by atoms with Crippen LogP contribution in [0, 0.1) is 5.92 Å². The van der Waals surface area contributed by atoms with E-state index in [9.17, 15) is 4.79 Å². The second kappa shape index (κ2) is 6.92. The summed E-state index contributed by atoms with van der Waals surface area (Å²) in [4.78, 5) is 17.1. The average Bonchev–Trinajstić information content (AvgIpc) is 3.44. The summed E-state index contributed by atoms with van der Waals surface area (Å²) < 4.78 is 2.04. The van der Waals surface area contributed by atoms with E-state index in [1.807, 2.05) is 54.1 Å². The lowest BCUT2D eigenvalue weighted by atomic mass is 10.0. The molecule has 1 aromatic heterocycles. The van der Waals surface area contributed by atoms with Gasteiger partial charge in [0.05, 0.1) is 22.8 Å². The van der Waals surface area contributed by atoms with Crippen molar-refractivity contribution in [1.82, 2.24) is 14.9 Å². The summed E-state index contributed by atoms with van der Waals surface area (Å²) in [6.45, 7) is 0. The minimum Gasteiger partial charge on any atom is -0.348 e. The van der Waals surface area contributed by atoms with Gasteiger partial charge in [-0.25, -0.2) is 4.98 Å². The van der Waals surface area contributed by atoms with Crippen molar-refractivity contribution in [2.45, 2.75) is 24.0 Å². The molecule has 0 spiro atoms. The smallest absolute Gasteiger partial charge is 0.230 e. The number of para-hydroxylation sites is 2. The number of carbonyl (C=O) groups is 1. The fourth-order valence-electron chi connectivity index (χ4n) is 3.16. The minimum atomic E-state index is 0.0674. The van der Waals surface area contributed by atoms with Gasteiger partial charge in [0.2, 0.25) is 5.91 Å². The highest BCUT2D eigenvalue weighted by molar-refractivity contribution is 7.99. The fourth-order valence-corrected chi connectivity index (χ4v) is 3.96. The van der Waals surface area contributed by atoms with Crippen LogP contribution in [0.4, 0.5) is 0 Å². The van der Waals surface area contributed by atoms with Gasteiger partial charge in [0, 0.05) is 7.05 Å². The summed E-state index contributed by atoms with van der Waals surface area (Å²) in [5, 5.41) is 4.10. The van der Waals surface area contributed by atoms with Crippen molar-refractivity contribution in [2.75, 3.05) is 5.75 Å². The monoisotopic (exact) mass is 351 g/mol. The van der Waals surface area contributed by atoms with Gasteiger partial charge < -0.3 is 9.88 Å². The molecule has 3 aromatic rings. The Morgan fingerprint density at radius 1 is 1.20 bits per heavy atom. The summed E-state index contributed by atoms with van der Waals surface area (Å²) in [6, 6.07) is 18.4. The Hall–Kier alpha value is -2.27. The molecule has 128 valence electrons. The highest BCUT2D eigenvalue weighted by Gasteiger charge is 2.33. The second-order valence-electron chi connectivity index (χ2n) is 6.52. The molecule has 1 saturated carbocycles. The Morgan fingerprint density at radius 3 is 2.64 bits per heavy atom. The molecular weight excluding hydrogens is 330 g/mol. The number of hydrogen-bond acceptors (Lipinski definition) is 3. The summed E-state index contributed by atoms with van der Waals surface area (Å²) in [7, 11) is 1.99. The van der Waals surface area contributed by atoms with Gasteiger partial charge in [0.1, 0.15) is 0 Å². The van der Waals surface area contributed by atoms with Crippen LogP contribution in [-0.2, 0) is 11.8 Å². The third-order valence-corrected chi connectivity index (χ3v) is 5.68. The first-order valence-corrected chi connectivity index (χ1v) is 9.59. The molecule has 2 aromatic carbocycles. The molecule has 0 radical (unpaired) electrons. The number of fused-ring (bicyclic) bond motifs is 1. The number of aryl methyl sites for hydroxylation is 1. The van der Waals surface area contributed by atoms with Gasteiger partial charge in [-0.2, -0.15) is 0 Å². The lowest BCUT2D eigenvalue weighted by Gasteiger charge is -2.18. The van der Waals surface area contributed by atoms with Gasteiger partial charge in [-0.15, -0.1) is 0 Å². The molecule has 1 atom stereocenters. The summed E-state index contributed by atoms with van der Waals surface area (Å²) >= 11 is 1.49. The van der Waals surface area contributed by atoms with E-state index in [-0.39, 0.29) is 11.9 Å². The maximum atomic E-state index is 12.5. The Kier molecular flexibility index (Phi) is 4.49. The molecule has 0 aliphatic heterocycles. The quantitative estimate of drug-likeness (QED) is 0.685. The molecule has 1 N–H and O–H groups in total. The van der Waals surface area contributed by atoms with Crippen LogP contribution in [0.2, 0.25) is 0 Å². The molecule has 1 fully saturated rings. The molecule has 1 unspecified atom stereocenters. The maximum absolute atomic E-state index is 12.5. The molecule has 0 bridgehead atoms. The van der Waals surface area contributed by atoms with E-state index < -0.39 is 0 Å². The van der Waals surface area contributed by atoms with E-state index in [4.69, 9.17) is 0 Å². The van der Waals surface area contributed by atoms with Crippen molar-refractivity contribution in [1.29, 1.82) is 0 Å². The lowest BCUT2D eigenvalue weighted by Crippen LogP contribution is -2.31. The molecule has 1 aliphatic rings. The lowest BCUT2D eigenvalue weighted by molar-refractivity contribution is -0.119. The first kappa shape index (κ1) is 16.2. The molecule has 5 heteroatoms. The summed E-state index contributed by atoms with van der Waals surface area (Å²) in [6.07, 6.45) is 2.38. The van der Waals surface area contributed by atoms with Crippen molar-refractivity contribution < 1.29 is 4.79 Å². The largest absolute Gasteiger partial charge is 0.348 e. The number of amides is 1. The van der Waals surface area contributed by atoms with Gasteiger partial charge in [0.25, 0.3) is 0 Å². The predicted octanol–water partition coefficient (Wildman–Crippen LogP) is 3.93.